The number of rotatable bonds is 5. The lowest BCUT2D eigenvalue weighted by Gasteiger charge is -2.34. The lowest BCUT2D eigenvalue weighted by Crippen LogP contribution is -2.41. The van der Waals surface area contributed by atoms with Crippen molar-refractivity contribution in [1.82, 2.24) is 14.9 Å². The van der Waals surface area contributed by atoms with Crippen LogP contribution in [0.3, 0.4) is 0 Å². The fourth-order valence-corrected chi connectivity index (χ4v) is 3.35. The summed E-state index contributed by atoms with van der Waals surface area (Å²) in [7, 11) is 0. The predicted molar refractivity (Wildman–Crippen MR) is 88.0 cm³/mol. The number of nitrogens with zero attached hydrogens (tertiary/aromatic N) is 3. The average Bonchev–Trinajstić information content (AvgIpc) is 2.61. The fourth-order valence-electron chi connectivity index (χ4n) is 3.35. The van der Waals surface area contributed by atoms with Crippen LogP contribution >= 0.6 is 0 Å². The van der Waals surface area contributed by atoms with Gasteiger partial charge in [-0.25, -0.2) is 23.1 Å². The topological polar surface area (TPSA) is 55.0 Å². The number of halogens is 3. The summed E-state index contributed by atoms with van der Waals surface area (Å²) in [6.45, 7) is 2.56. The van der Waals surface area contributed by atoms with E-state index in [9.17, 15) is 13.2 Å². The second-order valence-electron chi connectivity index (χ2n) is 6.59. The summed E-state index contributed by atoms with van der Waals surface area (Å²) >= 11 is 0. The smallest absolute Gasteiger partial charge is 0.161 e. The monoisotopic (exact) mass is 350 g/mol. The van der Waals surface area contributed by atoms with Crippen molar-refractivity contribution >= 4 is 0 Å². The zero-order valence-corrected chi connectivity index (χ0v) is 13.8. The number of benzene rings is 1. The standard InChI is InChI=1S/C18H21F3N4/c19-15-7-17(21)16(20)5-14(15)6-18(22)13-1-3-25(4-2-13)10-12-8-23-11-24-9-12/h5,7-9,11,13,18H,1-4,6,10,22H2/t18-/m1/s1. The summed E-state index contributed by atoms with van der Waals surface area (Å²) in [4.78, 5) is 10.3. The Kier molecular flexibility index (Phi) is 5.65. The van der Waals surface area contributed by atoms with Crippen LogP contribution in [0.4, 0.5) is 13.2 Å². The van der Waals surface area contributed by atoms with E-state index in [-0.39, 0.29) is 23.9 Å². The molecule has 1 aliphatic rings. The van der Waals surface area contributed by atoms with Crippen LogP contribution in [-0.2, 0) is 13.0 Å². The van der Waals surface area contributed by atoms with Gasteiger partial charge in [0.2, 0.25) is 0 Å². The van der Waals surface area contributed by atoms with Crippen molar-refractivity contribution in [2.24, 2.45) is 11.7 Å². The van der Waals surface area contributed by atoms with Crippen molar-refractivity contribution in [2.45, 2.75) is 31.8 Å². The Morgan fingerprint density at radius 3 is 2.36 bits per heavy atom. The Hall–Kier alpha value is -1.99. The molecule has 134 valence electrons. The zero-order valence-electron chi connectivity index (χ0n) is 13.8. The Morgan fingerprint density at radius 1 is 1.04 bits per heavy atom. The van der Waals surface area contributed by atoms with Gasteiger partial charge >= 0.3 is 0 Å². The molecule has 1 atom stereocenters. The van der Waals surface area contributed by atoms with Crippen molar-refractivity contribution in [3.05, 3.63) is 59.4 Å². The number of hydrogen-bond donors (Lipinski definition) is 1. The average molecular weight is 350 g/mol. The molecule has 0 aliphatic carbocycles. The summed E-state index contributed by atoms with van der Waals surface area (Å²) in [6.07, 6.45) is 7.10. The highest BCUT2D eigenvalue weighted by Gasteiger charge is 2.25. The van der Waals surface area contributed by atoms with E-state index in [4.69, 9.17) is 5.73 Å². The van der Waals surface area contributed by atoms with Crippen LogP contribution in [0.25, 0.3) is 0 Å². The number of aromatic nitrogens is 2. The Labute approximate surface area is 144 Å². The van der Waals surface area contributed by atoms with Crippen molar-refractivity contribution in [3.63, 3.8) is 0 Å². The highest BCUT2D eigenvalue weighted by molar-refractivity contribution is 5.21. The maximum Gasteiger partial charge on any atom is 0.161 e. The van der Waals surface area contributed by atoms with Gasteiger partial charge in [-0.1, -0.05) is 0 Å². The van der Waals surface area contributed by atoms with Gasteiger partial charge in [-0.05, 0) is 49.9 Å². The second-order valence-corrected chi connectivity index (χ2v) is 6.59. The molecule has 0 amide bonds. The third-order valence-electron chi connectivity index (χ3n) is 4.80. The van der Waals surface area contributed by atoms with Crippen LogP contribution in [0, 0.1) is 23.4 Å². The van der Waals surface area contributed by atoms with E-state index >= 15 is 0 Å². The summed E-state index contributed by atoms with van der Waals surface area (Å²) < 4.78 is 40.1. The van der Waals surface area contributed by atoms with Gasteiger partial charge in [-0.3, -0.25) is 4.90 Å². The largest absolute Gasteiger partial charge is 0.327 e. The van der Waals surface area contributed by atoms with Crippen molar-refractivity contribution in [1.29, 1.82) is 0 Å². The lowest BCUT2D eigenvalue weighted by atomic mass is 9.86. The number of likely N-dealkylation sites (tertiary alicyclic amines) is 1. The van der Waals surface area contributed by atoms with E-state index in [1.807, 2.05) is 0 Å². The Bertz CT molecular complexity index is 703. The molecule has 25 heavy (non-hydrogen) atoms. The van der Waals surface area contributed by atoms with Gasteiger partial charge in [0.15, 0.2) is 11.6 Å². The normalized spacial score (nSPS) is 17.6. The maximum absolute atomic E-state index is 13.8. The molecule has 2 heterocycles. The molecule has 3 rings (SSSR count). The van der Waals surface area contributed by atoms with Crippen molar-refractivity contribution in [3.8, 4) is 0 Å². The minimum atomic E-state index is -1.17. The minimum Gasteiger partial charge on any atom is -0.327 e. The summed E-state index contributed by atoms with van der Waals surface area (Å²) in [6, 6.07) is 1.22. The molecule has 1 saturated heterocycles. The highest BCUT2D eigenvalue weighted by atomic mass is 19.2. The summed E-state index contributed by atoms with van der Waals surface area (Å²) in [5, 5.41) is 0. The molecule has 0 saturated carbocycles. The molecule has 0 radical (unpaired) electrons. The van der Waals surface area contributed by atoms with E-state index in [0.29, 0.717) is 6.07 Å². The minimum absolute atomic E-state index is 0.135. The third kappa shape index (κ3) is 4.55. The first-order valence-corrected chi connectivity index (χ1v) is 8.38. The van der Waals surface area contributed by atoms with E-state index < -0.39 is 17.5 Å². The van der Waals surface area contributed by atoms with Gasteiger partial charge in [-0.15, -0.1) is 0 Å². The first kappa shape index (κ1) is 17.8. The molecule has 1 aromatic carbocycles. The number of piperidine rings is 1. The van der Waals surface area contributed by atoms with Crippen LogP contribution in [0.5, 0.6) is 0 Å². The second kappa shape index (κ2) is 7.93. The first-order valence-electron chi connectivity index (χ1n) is 8.38. The third-order valence-corrected chi connectivity index (χ3v) is 4.80. The molecule has 1 aromatic heterocycles. The maximum atomic E-state index is 13.8. The fraction of sp³-hybridized carbons (Fsp3) is 0.444. The van der Waals surface area contributed by atoms with E-state index in [2.05, 4.69) is 14.9 Å². The summed E-state index contributed by atoms with van der Waals surface area (Å²) in [5.74, 6) is -2.72. The quantitative estimate of drug-likeness (QED) is 0.843. The van der Waals surface area contributed by atoms with Crippen LogP contribution in [-0.4, -0.2) is 34.0 Å². The van der Waals surface area contributed by atoms with Crippen LogP contribution in [0.2, 0.25) is 0 Å². The molecule has 7 heteroatoms. The molecule has 4 nitrogen and oxygen atoms in total. The molecule has 0 bridgehead atoms. The van der Waals surface area contributed by atoms with Gasteiger partial charge in [-0.2, -0.15) is 0 Å². The van der Waals surface area contributed by atoms with Gasteiger partial charge in [0.25, 0.3) is 0 Å². The van der Waals surface area contributed by atoms with Crippen molar-refractivity contribution in [2.75, 3.05) is 13.1 Å². The molecule has 0 spiro atoms. The highest BCUT2D eigenvalue weighted by Crippen LogP contribution is 2.24. The molecule has 2 N–H and O–H groups in total. The van der Waals surface area contributed by atoms with E-state index in [1.54, 1.807) is 12.4 Å². The SMILES string of the molecule is N[C@H](Cc1cc(F)c(F)cc1F)C1CCN(Cc2cncnc2)CC1. The molecular formula is C18H21F3N4. The number of nitrogens with two attached hydrogens (primary N) is 1. The van der Waals surface area contributed by atoms with Gasteiger partial charge in [0.05, 0.1) is 0 Å². The Morgan fingerprint density at radius 2 is 1.68 bits per heavy atom. The van der Waals surface area contributed by atoms with Crippen LogP contribution < -0.4 is 5.73 Å². The first-order chi connectivity index (χ1) is 12.0. The molecule has 1 aliphatic heterocycles. The molecule has 1 fully saturated rings. The van der Waals surface area contributed by atoms with Gasteiger partial charge in [0.1, 0.15) is 12.1 Å². The van der Waals surface area contributed by atoms with E-state index in [0.717, 1.165) is 44.1 Å². The van der Waals surface area contributed by atoms with E-state index in [1.165, 1.54) is 6.33 Å². The number of hydrogen-bond acceptors (Lipinski definition) is 4. The van der Waals surface area contributed by atoms with Crippen molar-refractivity contribution < 1.29 is 13.2 Å². The Balaban J connectivity index is 1.53. The zero-order chi connectivity index (χ0) is 17.8. The summed E-state index contributed by atoms with van der Waals surface area (Å²) in [5.41, 5.74) is 7.41. The molecular weight excluding hydrogens is 329 g/mol. The lowest BCUT2D eigenvalue weighted by molar-refractivity contribution is 0.161. The van der Waals surface area contributed by atoms with Gasteiger partial charge < -0.3 is 5.73 Å². The molecule has 2 aromatic rings. The van der Waals surface area contributed by atoms with Crippen LogP contribution in [0.1, 0.15) is 24.0 Å². The predicted octanol–water partition coefficient (Wildman–Crippen LogP) is 2.68. The van der Waals surface area contributed by atoms with Gasteiger partial charge in [0, 0.05) is 36.6 Å². The van der Waals surface area contributed by atoms with Crippen LogP contribution in [0.15, 0.2) is 30.9 Å². The molecule has 0 unspecified atom stereocenters.